The van der Waals surface area contributed by atoms with Gasteiger partial charge in [-0.3, -0.25) is 0 Å². The van der Waals surface area contributed by atoms with Gasteiger partial charge in [0.25, 0.3) is 0 Å². The molecule has 1 unspecified atom stereocenters. The Morgan fingerprint density at radius 1 is 1.37 bits per heavy atom. The van der Waals surface area contributed by atoms with Crippen LogP contribution in [0.3, 0.4) is 0 Å². The van der Waals surface area contributed by atoms with Gasteiger partial charge in [-0.25, -0.2) is 10.8 Å². The minimum absolute atomic E-state index is 0.294. The summed E-state index contributed by atoms with van der Waals surface area (Å²) in [5, 5.41) is 1.00. The molecule has 0 aromatic carbocycles. The van der Waals surface area contributed by atoms with Gasteiger partial charge >= 0.3 is 0 Å². The lowest BCUT2D eigenvalue weighted by Gasteiger charge is -2.27. The SMILES string of the molecule is CC(C)(C)C1CCN(c2nc(NN)c(Cl)cc2Cl)C1. The van der Waals surface area contributed by atoms with Crippen molar-refractivity contribution in [2.45, 2.75) is 27.2 Å². The molecular weight excluding hydrogens is 283 g/mol. The molecule has 4 nitrogen and oxygen atoms in total. The first-order valence-corrected chi connectivity index (χ1v) is 7.16. The Morgan fingerprint density at radius 3 is 2.58 bits per heavy atom. The number of hydrogen-bond acceptors (Lipinski definition) is 4. The molecule has 6 heteroatoms. The maximum Gasteiger partial charge on any atom is 0.161 e. The third-order valence-corrected chi connectivity index (χ3v) is 4.33. The van der Waals surface area contributed by atoms with E-state index in [9.17, 15) is 0 Å². The highest BCUT2D eigenvalue weighted by Crippen LogP contribution is 2.38. The molecule has 1 fully saturated rings. The molecule has 1 aliphatic heterocycles. The van der Waals surface area contributed by atoms with Crippen molar-refractivity contribution < 1.29 is 0 Å². The van der Waals surface area contributed by atoms with Gasteiger partial charge in [-0.2, -0.15) is 0 Å². The quantitative estimate of drug-likeness (QED) is 0.648. The molecule has 1 atom stereocenters. The molecule has 0 radical (unpaired) electrons. The van der Waals surface area contributed by atoms with Crippen molar-refractivity contribution >= 4 is 34.8 Å². The van der Waals surface area contributed by atoms with Gasteiger partial charge in [0.2, 0.25) is 0 Å². The van der Waals surface area contributed by atoms with E-state index in [0.717, 1.165) is 25.3 Å². The highest BCUT2D eigenvalue weighted by molar-refractivity contribution is 6.37. The minimum atomic E-state index is 0.294. The highest BCUT2D eigenvalue weighted by atomic mass is 35.5. The van der Waals surface area contributed by atoms with Crippen molar-refractivity contribution in [2.75, 3.05) is 23.4 Å². The third-order valence-electron chi connectivity index (χ3n) is 3.76. The van der Waals surface area contributed by atoms with E-state index in [-0.39, 0.29) is 0 Å². The molecule has 0 aliphatic carbocycles. The molecule has 2 rings (SSSR count). The maximum atomic E-state index is 6.24. The molecule has 0 amide bonds. The van der Waals surface area contributed by atoms with Crippen molar-refractivity contribution in [1.82, 2.24) is 4.98 Å². The largest absolute Gasteiger partial charge is 0.355 e. The van der Waals surface area contributed by atoms with Gasteiger partial charge in [-0.15, -0.1) is 0 Å². The van der Waals surface area contributed by atoms with Gasteiger partial charge in [0, 0.05) is 13.1 Å². The standard InChI is InChI=1S/C13H20Cl2N4/c1-13(2,3)8-4-5-19(7-8)12-10(15)6-9(14)11(17-12)18-16/h6,8H,4-5,7,16H2,1-3H3,(H,17,18). The van der Waals surface area contributed by atoms with Crippen LogP contribution in [0.1, 0.15) is 27.2 Å². The van der Waals surface area contributed by atoms with E-state index in [1.54, 1.807) is 6.07 Å². The Labute approximate surface area is 124 Å². The van der Waals surface area contributed by atoms with Crippen LogP contribution >= 0.6 is 23.2 Å². The predicted octanol–water partition coefficient (Wildman–Crippen LogP) is 3.55. The molecule has 2 heterocycles. The second kappa shape index (κ2) is 5.35. The fourth-order valence-corrected chi connectivity index (χ4v) is 2.97. The summed E-state index contributed by atoms with van der Waals surface area (Å²) < 4.78 is 0. The number of rotatable bonds is 2. The Balaban J connectivity index is 2.24. The molecule has 106 valence electrons. The lowest BCUT2D eigenvalue weighted by Crippen LogP contribution is -2.26. The van der Waals surface area contributed by atoms with Gasteiger partial charge in [0.15, 0.2) is 5.82 Å². The number of nitrogens with two attached hydrogens (primary N) is 1. The number of nitrogen functional groups attached to an aromatic ring is 1. The molecule has 1 aromatic rings. The summed E-state index contributed by atoms with van der Waals surface area (Å²) in [5.74, 6) is 7.25. The van der Waals surface area contributed by atoms with Crippen molar-refractivity contribution in [3.8, 4) is 0 Å². The highest BCUT2D eigenvalue weighted by Gasteiger charge is 2.33. The van der Waals surface area contributed by atoms with Gasteiger partial charge in [0.1, 0.15) is 5.82 Å². The summed E-state index contributed by atoms with van der Waals surface area (Å²) in [5.41, 5.74) is 2.79. The van der Waals surface area contributed by atoms with Crippen LogP contribution in [0.5, 0.6) is 0 Å². The number of pyridine rings is 1. The molecule has 0 bridgehead atoms. The second-order valence-corrected chi connectivity index (χ2v) is 6.88. The van der Waals surface area contributed by atoms with Gasteiger partial charge < -0.3 is 10.3 Å². The Bertz CT molecular complexity index is 470. The zero-order chi connectivity index (χ0) is 14.2. The van der Waals surface area contributed by atoms with Crippen molar-refractivity contribution in [3.63, 3.8) is 0 Å². The van der Waals surface area contributed by atoms with E-state index < -0.39 is 0 Å². The van der Waals surface area contributed by atoms with Crippen LogP contribution in [0.15, 0.2) is 6.07 Å². The minimum Gasteiger partial charge on any atom is -0.355 e. The Morgan fingerprint density at radius 2 is 2.05 bits per heavy atom. The maximum absolute atomic E-state index is 6.24. The number of aromatic nitrogens is 1. The summed E-state index contributed by atoms with van der Waals surface area (Å²) >= 11 is 12.2. The summed E-state index contributed by atoms with van der Waals surface area (Å²) in [4.78, 5) is 6.62. The fraction of sp³-hybridized carbons (Fsp3) is 0.615. The molecule has 19 heavy (non-hydrogen) atoms. The van der Waals surface area contributed by atoms with E-state index in [4.69, 9.17) is 29.0 Å². The van der Waals surface area contributed by atoms with Crippen LogP contribution in [0.4, 0.5) is 11.6 Å². The van der Waals surface area contributed by atoms with E-state index >= 15 is 0 Å². The van der Waals surface area contributed by atoms with Crippen molar-refractivity contribution in [2.24, 2.45) is 17.2 Å². The van der Waals surface area contributed by atoms with Crippen LogP contribution in [-0.4, -0.2) is 18.1 Å². The Hall–Kier alpha value is -0.710. The van der Waals surface area contributed by atoms with Gasteiger partial charge in [0.05, 0.1) is 10.0 Å². The molecule has 0 spiro atoms. The topological polar surface area (TPSA) is 54.2 Å². The van der Waals surface area contributed by atoms with Crippen LogP contribution in [0, 0.1) is 11.3 Å². The summed E-state index contributed by atoms with van der Waals surface area (Å²) in [6, 6.07) is 1.69. The van der Waals surface area contributed by atoms with Crippen molar-refractivity contribution in [3.05, 3.63) is 16.1 Å². The third kappa shape index (κ3) is 3.07. The van der Waals surface area contributed by atoms with E-state index in [1.807, 2.05) is 0 Å². The van der Waals surface area contributed by atoms with Crippen LogP contribution in [0.2, 0.25) is 10.0 Å². The number of hydrogen-bond donors (Lipinski definition) is 2. The summed E-state index contributed by atoms with van der Waals surface area (Å²) in [6.07, 6.45) is 1.15. The summed E-state index contributed by atoms with van der Waals surface area (Å²) in [6.45, 7) is 8.73. The zero-order valence-electron chi connectivity index (χ0n) is 11.5. The Kier molecular flexibility index (Phi) is 4.14. The van der Waals surface area contributed by atoms with E-state index in [2.05, 4.69) is 36.1 Å². The number of nitrogens with zero attached hydrogens (tertiary/aromatic N) is 2. The molecule has 3 N–H and O–H groups in total. The van der Waals surface area contributed by atoms with Crippen molar-refractivity contribution in [1.29, 1.82) is 0 Å². The smallest absolute Gasteiger partial charge is 0.161 e. The van der Waals surface area contributed by atoms with Crippen LogP contribution in [0.25, 0.3) is 0 Å². The number of anilines is 2. The van der Waals surface area contributed by atoms with Gasteiger partial charge in [-0.05, 0) is 23.8 Å². The molecular formula is C13H20Cl2N4. The second-order valence-electron chi connectivity index (χ2n) is 6.07. The molecule has 0 saturated carbocycles. The lowest BCUT2D eigenvalue weighted by molar-refractivity contribution is 0.263. The zero-order valence-corrected chi connectivity index (χ0v) is 13.0. The van der Waals surface area contributed by atoms with E-state index in [1.165, 1.54) is 0 Å². The fourth-order valence-electron chi connectivity index (χ4n) is 2.44. The molecule has 1 saturated heterocycles. The first-order valence-electron chi connectivity index (χ1n) is 6.40. The number of hydrazine groups is 1. The molecule has 1 aliphatic rings. The molecule has 1 aromatic heterocycles. The number of nitrogens with one attached hydrogen (secondary N) is 1. The van der Waals surface area contributed by atoms with Crippen LogP contribution < -0.4 is 16.2 Å². The van der Waals surface area contributed by atoms with Gasteiger partial charge in [-0.1, -0.05) is 44.0 Å². The lowest BCUT2D eigenvalue weighted by atomic mass is 9.80. The van der Waals surface area contributed by atoms with E-state index in [0.29, 0.717) is 27.2 Å². The summed E-state index contributed by atoms with van der Waals surface area (Å²) in [7, 11) is 0. The normalized spacial score (nSPS) is 19.9. The first-order chi connectivity index (χ1) is 8.82. The van der Waals surface area contributed by atoms with Crippen LogP contribution in [-0.2, 0) is 0 Å². The predicted molar refractivity (Wildman–Crippen MR) is 81.8 cm³/mol. The first kappa shape index (κ1) is 14.7. The average Bonchev–Trinajstić information content (AvgIpc) is 2.78. The average molecular weight is 303 g/mol. The monoisotopic (exact) mass is 302 g/mol. The number of halogens is 2.